The summed E-state index contributed by atoms with van der Waals surface area (Å²) in [6, 6.07) is 0.386. The number of hydrogen-bond donors (Lipinski definition) is 1. The molecule has 1 N–H and O–H groups in total. The quantitative estimate of drug-likeness (QED) is 0.865. The normalized spacial score (nSPS) is 27.6. The van der Waals surface area contributed by atoms with E-state index in [-0.39, 0.29) is 6.03 Å². The van der Waals surface area contributed by atoms with Crippen LogP contribution < -0.4 is 0 Å². The first kappa shape index (κ1) is 15.1. The number of amides is 2. The second kappa shape index (κ2) is 6.02. The van der Waals surface area contributed by atoms with E-state index in [1.807, 2.05) is 11.8 Å². The third-order valence-electron chi connectivity index (χ3n) is 4.84. The topological polar surface area (TPSA) is 60.9 Å². The molecule has 20 heavy (non-hydrogen) atoms. The summed E-state index contributed by atoms with van der Waals surface area (Å²) in [5, 5.41) is 9.35. The molecule has 5 heteroatoms. The van der Waals surface area contributed by atoms with Crippen molar-refractivity contribution in [1.82, 2.24) is 9.80 Å². The maximum Gasteiger partial charge on any atom is 0.320 e. The van der Waals surface area contributed by atoms with Crippen LogP contribution >= 0.6 is 0 Å². The highest BCUT2D eigenvalue weighted by molar-refractivity contribution is 5.78. The minimum atomic E-state index is -0.793. The number of carbonyl (C=O) groups is 2. The summed E-state index contributed by atoms with van der Waals surface area (Å²) in [5.74, 6) is -0.793. The third kappa shape index (κ3) is 2.91. The molecule has 2 amide bonds. The maximum atomic E-state index is 12.7. The lowest BCUT2D eigenvalue weighted by atomic mass is 9.82. The number of hydrogen-bond acceptors (Lipinski definition) is 2. The number of piperidine rings is 1. The monoisotopic (exact) mass is 282 g/mol. The van der Waals surface area contributed by atoms with Crippen molar-refractivity contribution in [2.45, 2.75) is 58.4 Å². The first-order valence-electron chi connectivity index (χ1n) is 7.77. The molecule has 1 aliphatic carbocycles. The fourth-order valence-corrected chi connectivity index (χ4v) is 3.52. The van der Waals surface area contributed by atoms with Crippen molar-refractivity contribution in [3.63, 3.8) is 0 Å². The molecule has 1 unspecified atom stereocenters. The summed E-state index contributed by atoms with van der Waals surface area (Å²) in [4.78, 5) is 27.8. The molecule has 2 aliphatic rings. The summed E-state index contributed by atoms with van der Waals surface area (Å²) in [6.07, 6.45) is 5.99. The molecule has 5 nitrogen and oxygen atoms in total. The summed E-state index contributed by atoms with van der Waals surface area (Å²) >= 11 is 0. The third-order valence-corrected chi connectivity index (χ3v) is 4.84. The number of rotatable bonds is 3. The van der Waals surface area contributed by atoms with Gasteiger partial charge in [0.05, 0.1) is 5.41 Å². The maximum absolute atomic E-state index is 12.7. The number of aliphatic carboxylic acids is 1. The van der Waals surface area contributed by atoms with Gasteiger partial charge >= 0.3 is 12.0 Å². The average molecular weight is 282 g/mol. The molecule has 1 saturated carbocycles. The Kier molecular flexibility index (Phi) is 4.55. The molecular weight excluding hydrogens is 256 g/mol. The van der Waals surface area contributed by atoms with Crippen molar-refractivity contribution in [2.75, 3.05) is 19.6 Å². The highest BCUT2D eigenvalue weighted by Gasteiger charge is 2.41. The molecule has 1 aliphatic heterocycles. The Hall–Kier alpha value is -1.26. The van der Waals surface area contributed by atoms with Crippen LogP contribution in [0.1, 0.15) is 52.4 Å². The predicted molar refractivity (Wildman–Crippen MR) is 76.6 cm³/mol. The van der Waals surface area contributed by atoms with Gasteiger partial charge in [-0.2, -0.15) is 0 Å². The van der Waals surface area contributed by atoms with Gasteiger partial charge in [0.1, 0.15) is 0 Å². The van der Waals surface area contributed by atoms with Gasteiger partial charge in [-0.15, -0.1) is 0 Å². The molecule has 0 aromatic carbocycles. The van der Waals surface area contributed by atoms with Crippen molar-refractivity contribution in [3.05, 3.63) is 0 Å². The number of carbonyl (C=O) groups excluding carboxylic acids is 1. The van der Waals surface area contributed by atoms with Gasteiger partial charge in [-0.25, -0.2) is 4.79 Å². The van der Waals surface area contributed by atoms with Crippen molar-refractivity contribution in [3.8, 4) is 0 Å². The van der Waals surface area contributed by atoms with Gasteiger partial charge in [0.15, 0.2) is 0 Å². The fourth-order valence-electron chi connectivity index (χ4n) is 3.52. The lowest BCUT2D eigenvalue weighted by Crippen LogP contribution is -2.54. The second-order valence-corrected chi connectivity index (χ2v) is 6.40. The lowest BCUT2D eigenvalue weighted by Gasteiger charge is -2.41. The summed E-state index contributed by atoms with van der Waals surface area (Å²) in [6.45, 7) is 5.50. The van der Waals surface area contributed by atoms with E-state index in [1.165, 1.54) is 12.8 Å². The summed E-state index contributed by atoms with van der Waals surface area (Å²) in [7, 11) is 0. The largest absolute Gasteiger partial charge is 0.481 e. The Morgan fingerprint density at radius 3 is 2.50 bits per heavy atom. The number of nitrogens with zero attached hydrogens (tertiary/aromatic N) is 2. The van der Waals surface area contributed by atoms with Crippen molar-refractivity contribution < 1.29 is 14.7 Å². The van der Waals surface area contributed by atoms with E-state index in [0.29, 0.717) is 32.1 Å². The molecule has 2 fully saturated rings. The van der Waals surface area contributed by atoms with Crippen molar-refractivity contribution in [1.29, 1.82) is 0 Å². The highest BCUT2D eigenvalue weighted by Crippen LogP contribution is 2.31. The van der Waals surface area contributed by atoms with Gasteiger partial charge in [-0.05, 0) is 39.5 Å². The van der Waals surface area contributed by atoms with Crippen molar-refractivity contribution in [2.24, 2.45) is 5.41 Å². The number of urea groups is 1. The Bertz CT molecular complexity index is 379. The first-order chi connectivity index (χ1) is 9.48. The van der Waals surface area contributed by atoms with Crippen LogP contribution in [0.25, 0.3) is 0 Å². The van der Waals surface area contributed by atoms with Crippen LogP contribution in [-0.4, -0.2) is 52.6 Å². The standard InChI is InChI=1S/C15H26N2O3/c1-3-17(12-7-4-5-8-12)14(20)16-10-6-9-15(2,11-16)13(18)19/h12H,3-11H2,1-2H3,(H,18,19). The van der Waals surface area contributed by atoms with E-state index in [2.05, 4.69) is 0 Å². The Morgan fingerprint density at radius 2 is 1.95 bits per heavy atom. The van der Waals surface area contributed by atoms with Gasteiger partial charge in [0.25, 0.3) is 0 Å². The zero-order valence-electron chi connectivity index (χ0n) is 12.6. The number of carboxylic acids is 1. The van der Waals surface area contributed by atoms with Crippen molar-refractivity contribution >= 4 is 12.0 Å². The highest BCUT2D eigenvalue weighted by atomic mass is 16.4. The molecule has 0 aromatic rings. The minimum absolute atomic E-state index is 0.0339. The lowest BCUT2D eigenvalue weighted by molar-refractivity contribution is -0.150. The number of likely N-dealkylation sites (tertiary alicyclic amines) is 1. The minimum Gasteiger partial charge on any atom is -0.481 e. The summed E-state index contributed by atoms with van der Waals surface area (Å²) in [5.41, 5.74) is -0.789. The molecule has 114 valence electrons. The molecule has 2 rings (SSSR count). The smallest absolute Gasteiger partial charge is 0.320 e. The zero-order chi connectivity index (χ0) is 14.8. The second-order valence-electron chi connectivity index (χ2n) is 6.40. The van der Waals surface area contributed by atoms with Crippen LogP contribution in [0.2, 0.25) is 0 Å². The average Bonchev–Trinajstić information content (AvgIpc) is 2.93. The van der Waals surface area contributed by atoms with E-state index in [4.69, 9.17) is 0 Å². The first-order valence-corrected chi connectivity index (χ1v) is 7.77. The molecule has 1 saturated heterocycles. The van der Waals surface area contributed by atoms with E-state index in [1.54, 1.807) is 11.8 Å². The molecule has 0 radical (unpaired) electrons. The van der Waals surface area contributed by atoms with E-state index in [0.717, 1.165) is 19.3 Å². The van der Waals surface area contributed by atoms with Gasteiger partial charge in [0, 0.05) is 25.7 Å². The van der Waals surface area contributed by atoms with Crippen LogP contribution in [0.15, 0.2) is 0 Å². The van der Waals surface area contributed by atoms with Crippen LogP contribution in [0, 0.1) is 5.41 Å². The van der Waals surface area contributed by atoms with Crippen LogP contribution in [0.3, 0.4) is 0 Å². The van der Waals surface area contributed by atoms with E-state index >= 15 is 0 Å². The molecule has 0 aromatic heterocycles. The van der Waals surface area contributed by atoms with Gasteiger partial charge < -0.3 is 14.9 Å². The SMILES string of the molecule is CCN(C(=O)N1CCCC(C)(C(=O)O)C1)C1CCCC1. The fraction of sp³-hybridized carbons (Fsp3) is 0.867. The van der Waals surface area contributed by atoms with Crippen LogP contribution in [-0.2, 0) is 4.79 Å². The van der Waals surface area contributed by atoms with Gasteiger partial charge in [-0.3, -0.25) is 4.79 Å². The summed E-state index contributed by atoms with van der Waals surface area (Å²) < 4.78 is 0. The van der Waals surface area contributed by atoms with Crippen LogP contribution in [0.5, 0.6) is 0 Å². The Balaban J connectivity index is 2.05. The van der Waals surface area contributed by atoms with Gasteiger partial charge in [-0.1, -0.05) is 12.8 Å². The molecule has 1 heterocycles. The van der Waals surface area contributed by atoms with Crippen LogP contribution in [0.4, 0.5) is 4.79 Å². The molecule has 1 atom stereocenters. The Labute approximate surface area is 120 Å². The van der Waals surface area contributed by atoms with E-state index < -0.39 is 11.4 Å². The van der Waals surface area contributed by atoms with Gasteiger partial charge in [0.2, 0.25) is 0 Å². The zero-order valence-corrected chi connectivity index (χ0v) is 12.6. The molecule has 0 spiro atoms. The Morgan fingerprint density at radius 1 is 1.30 bits per heavy atom. The predicted octanol–water partition coefficient (Wildman–Crippen LogP) is 2.56. The van der Waals surface area contributed by atoms with E-state index in [9.17, 15) is 14.7 Å². The molecular formula is C15H26N2O3. The molecule has 0 bridgehead atoms. The number of carboxylic acid groups (broad SMARTS) is 1.